The van der Waals surface area contributed by atoms with Crippen molar-refractivity contribution in [1.29, 1.82) is 0 Å². The van der Waals surface area contributed by atoms with Crippen LogP contribution in [0, 0.1) is 19.3 Å². The predicted octanol–water partition coefficient (Wildman–Crippen LogP) is 2.67. The van der Waals surface area contributed by atoms with E-state index in [0.717, 1.165) is 38.0 Å². The molecule has 5 heteroatoms. The highest BCUT2D eigenvalue weighted by atomic mass is 16.2. The molecule has 1 amide bonds. The van der Waals surface area contributed by atoms with Crippen molar-refractivity contribution in [2.45, 2.75) is 58.8 Å². The molecule has 1 unspecified atom stereocenters. The van der Waals surface area contributed by atoms with Crippen molar-refractivity contribution in [1.82, 2.24) is 14.9 Å². The molecule has 0 aromatic carbocycles. The Morgan fingerprint density at radius 1 is 1.33 bits per heavy atom. The Morgan fingerprint density at radius 2 is 2.17 bits per heavy atom. The molecule has 1 aliphatic heterocycles. The highest BCUT2D eigenvalue weighted by Crippen LogP contribution is 2.40. The van der Waals surface area contributed by atoms with Gasteiger partial charge in [-0.15, -0.1) is 0 Å². The van der Waals surface area contributed by atoms with Gasteiger partial charge in [0.25, 0.3) is 5.56 Å². The number of allylic oxidation sites excluding steroid dienone is 2. The topological polar surface area (TPSA) is 66.1 Å². The van der Waals surface area contributed by atoms with Crippen LogP contribution in [0.5, 0.6) is 0 Å². The third kappa shape index (κ3) is 3.60. The van der Waals surface area contributed by atoms with E-state index in [1.807, 2.05) is 11.8 Å². The first kappa shape index (κ1) is 16.9. The molecule has 2 aliphatic rings. The minimum Gasteiger partial charge on any atom is -0.342 e. The van der Waals surface area contributed by atoms with Crippen LogP contribution in [0.4, 0.5) is 0 Å². The molecule has 130 valence electrons. The van der Waals surface area contributed by atoms with Crippen LogP contribution in [0.15, 0.2) is 16.9 Å². The number of carbonyl (C=O) groups is 1. The minimum atomic E-state index is -0.111. The number of piperidine rings is 1. The van der Waals surface area contributed by atoms with Gasteiger partial charge in [-0.2, -0.15) is 0 Å². The molecule has 1 aromatic heterocycles. The van der Waals surface area contributed by atoms with E-state index in [4.69, 9.17) is 0 Å². The van der Waals surface area contributed by atoms with Gasteiger partial charge in [0.15, 0.2) is 0 Å². The normalized spacial score (nSPS) is 23.7. The second-order valence-corrected chi connectivity index (χ2v) is 7.35. The highest BCUT2D eigenvalue weighted by molar-refractivity contribution is 5.76. The zero-order valence-electron chi connectivity index (χ0n) is 14.7. The molecule has 5 nitrogen and oxygen atoms in total. The number of aromatic amines is 1. The van der Waals surface area contributed by atoms with E-state index in [1.165, 1.54) is 12.8 Å². The van der Waals surface area contributed by atoms with Gasteiger partial charge < -0.3 is 9.88 Å². The molecule has 2 heterocycles. The standard InChI is InChI=1S/C19H27N3O2/c1-14-16(18(24)21-15(2)20-14)7-8-17(23)22-12-6-11-19(13-22)9-4-3-5-10-19/h3-4H,5-13H2,1-2H3,(H,20,21,24). The van der Waals surface area contributed by atoms with Crippen molar-refractivity contribution in [2.75, 3.05) is 13.1 Å². The first-order valence-corrected chi connectivity index (χ1v) is 8.98. The Morgan fingerprint density at radius 3 is 2.88 bits per heavy atom. The quantitative estimate of drug-likeness (QED) is 0.867. The lowest BCUT2D eigenvalue weighted by Crippen LogP contribution is -2.46. The highest BCUT2D eigenvalue weighted by Gasteiger charge is 2.36. The SMILES string of the molecule is Cc1nc(C)c(CCC(=O)N2CCCC3(CC=CCC3)C2)c(=O)[nH]1. The van der Waals surface area contributed by atoms with Gasteiger partial charge in [0.2, 0.25) is 5.91 Å². The van der Waals surface area contributed by atoms with Crippen LogP contribution in [0.3, 0.4) is 0 Å². The summed E-state index contributed by atoms with van der Waals surface area (Å²) in [6, 6.07) is 0. The molecule has 1 aliphatic carbocycles. The molecular weight excluding hydrogens is 302 g/mol. The fourth-order valence-electron chi connectivity index (χ4n) is 4.17. The number of H-pyrrole nitrogens is 1. The second-order valence-electron chi connectivity index (χ2n) is 7.35. The van der Waals surface area contributed by atoms with Crippen LogP contribution in [-0.2, 0) is 11.2 Å². The Hall–Kier alpha value is -1.91. The Balaban J connectivity index is 1.63. The summed E-state index contributed by atoms with van der Waals surface area (Å²) in [5, 5.41) is 0. The molecule has 1 fully saturated rings. The average Bonchev–Trinajstić information content (AvgIpc) is 2.54. The maximum atomic E-state index is 12.7. The van der Waals surface area contributed by atoms with Crippen molar-refractivity contribution in [2.24, 2.45) is 5.41 Å². The summed E-state index contributed by atoms with van der Waals surface area (Å²) in [6.07, 6.45) is 11.1. The average molecular weight is 329 g/mol. The number of nitrogens with zero attached hydrogens (tertiary/aromatic N) is 2. The van der Waals surface area contributed by atoms with Gasteiger partial charge in [0.1, 0.15) is 5.82 Å². The van der Waals surface area contributed by atoms with Gasteiger partial charge in [-0.1, -0.05) is 12.2 Å². The molecule has 1 spiro atoms. The summed E-state index contributed by atoms with van der Waals surface area (Å²) in [5.41, 5.74) is 1.56. The summed E-state index contributed by atoms with van der Waals surface area (Å²) in [4.78, 5) is 33.8. The lowest BCUT2D eigenvalue weighted by atomic mass is 9.71. The van der Waals surface area contributed by atoms with Crippen LogP contribution < -0.4 is 5.56 Å². The number of nitrogens with one attached hydrogen (secondary N) is 1. The predicted molar refractivity (Wildman–Crippen MR) is 93.9 cm³/mol. The first-order valence-electron chi connectivity index (χ1n) is 8.98. The zero-order valence-corrected chi connectivity index (χ0v) is 14.7. The Bertz CT molecular complexity index is 707. The lowest BCUT2D eigenvalue weighted by molar-refractivity contribution is -0.134. The molecule has 0 radical (unpaired) electrons. The van der Waals surface area contributed by atoms with E-state index in [-0.39, 0.29) is 11.5 Å². The number of aryl methyl sites for hydroxylation is 2. The van der Waals surface area contributed by atoms with Crippen molar-refractivity contribution < 1.29 is 4.79 Å². The van der Waals surface area contributed by atoms with Crippen molar-refractivity contribution >= 4 is 5.91 Å². The van der Waals surface area contributed by atoms with E-state index < -0.39 is 0 Å². The van der Waals surface area contributed by atoms with Crippen LogP contribution in [-0.4, -0.2) is 33.9 Å². The van der Waals surface area contributed by atoms with E-state index in [2.05, 4.69) is 22.1 Å². The summed E-state index contributed by atoms with van der Waals surface area (Å²) in [5.74, 6) is 0.791. The van der Waals surface area contributed by atoms with Crippen LogP contribution >= 0.6 is 0 Å². The first-order chi connectivity index (χ1) is 11.5. The van der Waals surface area contributed by atoms with E-state index >= 15 is 0 Å². The summed E-state index contributed by atoms with van der Waals surface area (Å²) >= 11 is 0. The van der Waals surface area contributed by atoms with Crippen LogP contribution in [0.1, 0.15) is 55.6 Å². The Kier molecular flexibility index (Phi) is 4.88. The molecule has 3 rings (SSSR count). The fraction of sp³-hybridized carbons (Fsp3) is 0.632. The molecule has 1 aromatic rings. The monoisotopic (exact) mass is 329 g/mol. The number of hydrogen-bond acceptors (Lipinski definition) is 3. The number of rotatable bonds is 3. The van der Waals surface area contributed by atoms with E-state index in [9.17, 15) is 9.59 Å². The van der Waals surface area contributed by atoms with Crippen molar-refractivity contribution in [3.63, 3.8) is 0 Å². The van der Waals surface area contributed by atoms with Gasteiger partial charge in [0.05, 0.1) is 0 Å². The fourth-order valence-corrected chi connectivity index (χ4v) is 4.17. The molecule has 24 heavy (non-hydrogen) atoms. The maximum absolute atomic E-state index is 12.7. The molecule has 0 bridgehead atoms. The van der Waals surface area contributed by atoms with Gasteiger partial charge in [-0.25, -0.2) is 4.98 Å². The Labute approximate surface area is 143 Å². The summed E-state index contributed by atoms with van der Waals surface area (Å²) < 4.78 is 0. The van der Waals surface area contributed by atoms with Crippen molar-refractivity contribution in [3.05, 3.63) is 39.6 Å². The molecule has 1 saturated heterocycles. The second kappa shape index (κ2) is 6.91. The summed E-state index contributed by atoms with van der Waals surface area (Å²) in [6.45, 7) is 5.34. The smallest absolute Gasteiger partial charge is 0.254 e. The maximum Gasteiger partial charge on any atom is 0.254 e. The number of hydrogen-bond donors (Lipinski definition) is 1. The number of likely N-dealkylation sites (tertiary alicyclic amines) is 1. The van der Waals surface area contributed by atoms with E-state index in [1.54, 1.807) is 6.92 Å². The van der Waals surface area contributed by atoms with Crippen LogP contribution in [0.25, 0.3) is 0 Å². The molecule has 1 N–H and O–H groups in total. The number of aromatic nitrogens is 2. The third-order valence-corrected chi connectivity index (χ3v) is 5.50. The van der Waals surface area contributed by atoms with Gasteiger partial charge >= 0.3 is 0 Å². The lowest BCUT2D eigenvalue weighted by Gasteiger charge is -2.44. The van der Waals surface area contributed by atoms with Gasteiger partial charge in [-0.05, 0) is 57.8 Å². The number of amides is 1. The third-order valence-electron chi connectivity index (χ3n) is 5.50. The van der Waals surface area contributed by atoms with E-state index in [0.29, 0.717) is 29.6 Å². The zero-order chi connectivity index (χ0) is 17.2. The molecule has 1 atom stereocenters. The van der Waals surface area contributed by atoms with Crippen LogP contribution in [0.2, 0.25) is 0 Å². The summed E-state index contributed by atoms with van der Waals surface area (Å²) in [7, 11) is 0. The number of carbonyl (C=O) groups excluding carboxylic acids is 1. The minimum absolute atomic E-state index is 0.111. The molecular formula is C19H27N3O2. The van der Waals surface area contributed by atoms with Crippen molar-refractivity contribution in [3.8, 4) is 0 Å². The van der Waals surface area contributed by atoms with Gasteiger partial charge in [-0.3, -0.25) is 9.59 Å². The largest absolute Gasteiger partial charge is 0.342 e. The van der Waals surface area contributed by atoms with Gasteiger partial charge in [0, 0.05) is 30.8 Å². The molecule has 0 saturated carbocycles.